The molecule has 3 nitrogen and oxygen atoms in total. The first-order valence-corrected chi connectivity index (χ1v) is 9.27. The highest BCUT2D eigenvalue weighted by Gasteiger charge is 2.12. The van der Waals surface area contributed by atoms with Crippen LogP contribution in [0.25, 0.3) is 0 Å². The number of fused-ring (bicyclic) bond motifs is 1. The summed E-state index contributed by atoms with van der Waals surface area (Å²) in [5.74, 6) is 1.30. The number of carbonyl (C=O) groups is 1. The van der Waals surface area contributed by atoms with Crippen LogP contribution in [0.2, 0.25) is 0 Å². The lowest BCUT2D eigenvalue weighted by atomic mass is 10.1. The van der Waals surface area contributed by atoms with Crippen LogP contribution in [-0.2, 0) is 12.8 Å². The molecule has 0 fully saturated rings. The van der Waals surface area contributed by atoms with Crippen molar-refractivity contribution in [1.29, 1.82) is 0 Å². The summed E-state index contributed by atoms with van der Waals surface area (Å²) in [6, 6.07) is 13.6. The van der Waals surface area contributed by atoms with E-state index in [0.29, 0.717) is 17.1 Å². The first-order valence-electron chi connectivity index (χ1n) is 8.28. The molecule has 0 saturated carbocycles. The summed E-state index contributed by atoms with van der Waals surface area (Å²) in [5.41, 5.74) is 3.59. The summed E-state index contributed by atoms with van der Waals surface area (Å²) in [7, 11) is 0. The number of aliphatic hydroxyl groups excluding tert-OH is 1. The van der Waals surface area contributed by atoms with Gasteiger partial charge in [-0.2, -0.15) is 0 Å². The minimum atomic E-state index is -0.532. The topological polar surface area (TPSA) is 46.5 Å². The van der Waals surface area contributed by atoms with Crippen molar-refractivity contribution >= 4 is 17.5 Å². The van der Waals surface area contributed by atoms with Gasteiger partial charge in [0.2, 0.25) is 0 Å². The summed E-state index contributed by atoms with van der Waals surface area (Å²) in [6.07, 6.45) is 3.09. The number of Topliss-reactive ketones (excluding diaryl/α,β-unsaturated/α-hetero) is 1. The van der Waals surface area contributed by atoms with E-state index in [1.165, 1.54) is 42.2 Å². The fourth-order valence-corrected chi connectivity index (χ4v) is 3.73. The van der Waals surface area contributed by atoms with Crippen molar-refractivity contribution in [1.82, 2.24) is 0 Å². The molecule has 2 aromatic rings. The van der Waals surface area contributed by atoms with Gasteiger partial charge < -0.3 is 9.84 Å². The van der Waals surface area contributed by atoms with E-state index in [1.807, 2.05) is 0 Å². The molecule has 0 spiro atoms. The van der Waals surface area contributed by atoms with Crippen molar-refractivity contribution in [2.24, 2.45) is 0 Å². The third-order valence-corrected chi connectivity index (χ3v) is 5.35. The summed E-state index contributed by atoms with van der Waals surface area (Å²) < 4.78 is 5.59. The Morgan fingerprint density at radius 2 is 1.92 bits per heavy atom. The number of ketones is 1. The van der Waals surface area contributed by atoms with Crippen molar-refractivity contribution in [2.45, 2.75) is 37.2 Å². The highest BCUT2D eigenvalue weighted by molar-refractivity contribution is 7.99. The maximum Gasteiger partial charge on any atom is 0.159 e. The Kier molecular flexibility index (Phi) is 5.59. The molecule has 24 heavy (non-hydrogen) atoms. The largest absolute Gasteiger partial charge is 0.491 e. The van der Waals surface area contributed by atoms with Gasteiger partial charge in [-0.3, -0.25) is 4.79 Å². The van der Waals surface area contributed by atoms with E-state index in [1.54, 1.807) is 36.0 Å². The molecule has 0 aliphatic heterocycles. The molecule has 1 atom stereocenters. The molecule has 0 heterocycles. The number of hydrogen-bond acceptors (Lipinski definition) is 4. The van der Waals surface area contributed by atoms with E-state index in [4.69, 9.17) is 4.74 Å². The molecule has 0 aromatic heterocycles. The van der Waals surface area contributed by atoms with Crippen LogP contribution in [0.1, 0.15) is 34.8 Å². The van der Waals surface area contributed by atoms with Crippen LogP contribution in [0, 0.1) is 0 Å². The Morgan fingerprint density at radius 3 is 2.67 bits per heavy atom. The van der Waals surface area contributed by atoms with Gasteiger partial charge in [0.05, 0.1) is 6.10 Å². The number of hydrogen-bond donors (Lipinski definition) is 1. The van der Waals surface area contributed by atoms with E-state index in [0.717, 1.165) is 0 Å². The van der Waals surface area contributed by atoms with Gasteiger partial charge in [-0.1, -0.05) is 6.07 Å². The normalized spacial score (nSPS) is 14.2. The lowest BCUT2D eigenvalue weighted by Crippen LogP contribution is -2.20. The van der Waals surface area contributed by atoms with Gasteiger partial charge in [-0.15, -0.1) is 11.8 Å². The molecule has 0 bridgehead atoms. The van der Waals surface area contributed by atoms with Gasteiger partial charge in [-0.25, -0.2) is 0 Å². The third kappa shape index (κ3) is 4.40. The Balaban J connectivity index is 1.45. The minimum absolute atomic E-state index is 0.0346. The monoisotopic (exact) mass is 342 g/mol. The zero-order valence-corrected chi connectivity index (χ0v) is 14.6. The lowest BCUT2D eigenvalue weighted by Gasteiger charge is -2.13. The molecule has 4 heteroatoms. The van der Waals surface area contributed by atoms with Crippen molar-refractivity contribution in [3.05, 3.63) is 59.2 Å². The zero-order valence-electron chi connectivity index (χ0n) is 13.8. The molecule has 0 saturated heterocycles. The van der Waals surface area contributed by atoms with Crippen molar-refractivity contribution in [3.63, 3.8) is 0 Å². The lowest BCUT2D eigenvalue weighted by molar-refractivity contribution is 0.101. The fourth-order valence-electron chi connectivity index (χ4n) is 2.86. The third-order valence-electron chi connectivity index (χ3n) is 4.22. The number of carbonyl (C=O) groups excluding carboxylic acids is 1. The molecular formula is C20H22O3S. The van der Waals surface area contributed by atoms with E-state index >= 15 is 0 Å². The number of thioether (sulfide) groups is 1. The van der Waals surface area contributed by atoms with E-state index in [9.17, 15) is 9.90 Å². The Morgan fingerprint density at radius 1 is 1.17 bits per heavy atom. The number of aryl methyl sites for hydroxylation is 2. The molecule has 1 aliphatic carbocycles. The summed E-state index contributed by atoms with van der Waals surface area (Å²) in [5, 5.41) is 10.1. The summed E-state index contributed by atoms with van der Waals surface area (Å²) in [4.78, 5) is 12.4. The van der Waals surface area contributed by atoms with Crippen LogP contribution < -0.4 is 4.74 Å². The molecule has 2 aromatic carbocycles. The fraction of sp³-hybridized carbons (Fsp3) is 0.350. The van der Waals surface area contributed by atoms with Crippen LogP contribution in [0.15, 0.2) is 47.4 Å². The quantitative estimate of drug-likeness (QED) is 0.612. The van der Waals surface area contributed by atoms with Gasteiger partial charge in [0, 0.05) is 16.2 Å². The average molecular weight is 342 g/mol. The van der Waals surface area contributed by atoms with Crippen molar-refractivity contribution in [3.8, 4) is 5.75 Å². The van der Waals surface area contributed by atoms with Gasteiger partial charge in [0.25, 0.3) is 0 Å². The second kappa shape index (κ2) is 7.86. The molecule has 1 N–H and O–H groups in total. The highest BCUT2D eigenvalue weighted by atomic mass is 32.2. The van der Waals surface area contributed by atoms with Crippen LogP contribution >= 0.6 is 11.8 Å². The van der Waals surface area contributed by atoms with Gasteiger partial charge >= 0.3 is 0 Å². The highest BCUT2D eigenvalue weighted by Crippen LogP contribution is 2.28. The van der Waals surface area contributed by atoms with Crippen LogP contribution in [-0.4, -0.2) is 29.4 Å². The Bertz CT molecular complexity index is 709. The molecule has 126 valence electrons. The van der Waals surface area contributed by atoms with Crippen molar-refractivity contribution < 1.29 is 14.6 Å². The van der Waals surface area contributed by atoms with Crippen molar-refractivity contribution in [2.75, 3.05) is 12.4 Å². The predicted octanol–water partition coefficient (Wildman–Crippen LogP) is 3.91. The van der Waals surface area contributed by atoms with Gasteiger partial charge in [-0.05, 0) is 73.7 Å². The summed E-state index contributed by atoms with van der Waals surface area (Å²) in [6.45, 7) is 1.78. The number of benzene rings is 2. The van der Waals surface area contributed by atoms with E-state index < -0.39 is 6.10 Å². The number of aliphatic hydroxyl groups is 1. The maximum atomic E-state index is 11.2. The standard InChI is InChI=1S/C20H22O3S/c1-14(21)15-5-8-19(9-6-15)23-12-18(22)13-24-20-10-7-16-3-2-4-17(16)11-20/h5-11,18,22H,2-4,12-13H2,1H3. The molecule has 0 radical (unpaired) electrons. The molecule has 3 rings (SSSR count). The Hall–Kier alpha value is -1.78. The van der Waals surface area contributed by atoms with E-state index in [-0.39, 0.29) is 12.4 Å². The van der Waals surface area contributed by atoms with Crippen LogP contribution in [0.5, 0.6) is 5.75 Å². The van der Waals surface area contributed by atoms with Gasteiger partial charge in [0.15, 0.2) is 5.78 Å². The molecule has 0 amide bonds. The molecule has 1 unspecified atom stereocenters. The molecule has 1 aliphatic rings. The molecular weight excluding hydrogens is 320 g/mol. The number of ether oxygens (including phenoxy) is 1. The SMILES string of the molecule is CC(=O)c1ccc(OCC(O)CSc2ccc3c(c2)CCC3)cc1. The first-order chi connectivity index (χ1) is 11.6. The maximum absolute atomic E-state index is 11.2. The zero-order chi connectivity index (χ0) is 16.9. The predicted molar refractivity (Wildman–Crippen MR) is 97.1 cm³/mol. The second-order valence-electron chi connectivity index (χ2n) is 6.14. The smallest absolute Gasteiger partial charge is 0.159 e. The average Bonchev–Trinajstić information content (AvgIpc) is 3.06. The first kappa shape index (κ1) is 17.1. The summed E-state index contributed by atoms with van der Waals surface area (Å²) >= 11 is 1.66. The number of rotatable bonds is 7. The second-order valence-corrected chi connectivity index (χ2v) is 7.23. The van der Waals surface area contributed by atoms with Crippen LogP contribution in [0.3, 0.4) is 0 Å². The van der Waals surface area contributed by atoms with Crippen LogP contribution in [0.4, 0.5) is 0 Å². The minimum Gasteiger partial charge on any atom is -0.491 e. The Labute approximate surface area is 147 Å². The van der Waals surface area contributed by atoms with Gasteiger partial charge in [0.1, 0.15) is 12.4 Å². The van der Waals surface area contributed by atoms with E-state index in [2.05, 4.69) is 18.2 Å².